The predicted molar refractivity (Wildman–Crippen MR) is 66.8 cm³/mol. The highest BCUT2D eigenvalue weighted by Crippen LogP contribution is 2.46. The molecular formula is C12H23N3O2. The third-order valence-electron chi connectivity index (χ3n) is 3.40. The van der Waals surface area contributed by atoms with Gasteiger partial charge in [0.1, 0.15) is 5.41 Å². The van der Waals surface area contributed by atoms with Crippen LogP contribution in [0.25, 0.3) is 0 Å². The van der Waals surface area contributed by atoms with Crippen molar-refractivity contribution >= 4 is 11.7 Å². The molecule has 0 bridgehead atoms. The first kappa shape index (κ1) is 13.8. The summed E-state index contributed by atoms with van der Waals surface area (Å²) < 4.78 is 0. The first-order valence-corrected chi connectivity index (χ1v) is 6.35. The second-order valence-electron chi connectivity index (χ2n) is 4.94. The SMILES string of the molecule is CCCCCC(C)NC(=O)C1(C(N)=NO)CC1. The van der Waals surface area contributed by atoms with Gasteiger partial charge in [-0.3, -0.25) is 4.79 Å². The van der Waals surface area contributed by atoms with E-state index < -0.39 is 5.41 Å². The number of unbranched alkanes of at least 4 members (excludes halogenated alkanes) is 2. The number of carbonyl (C=O) groups is 1. The van der Waals surface area contributed by atoms with E-state index in [0.717, 1.165) is 12.8 Å². The zero-order valence-corrected chi connectivity index (χ0v) is 10.7. The largest absolute Gasteiger partial charge is 0.409 e. The third-order valence-corrected chi connectivity index (χ3v) is 3.40. The topological polar surface area (TPSA) is 87.7 Å². The Kier molecular flexibility index (Phi) is 4.78. The van der Waals surface area contributed by atoms with E-state index in [9.17, 15) is 4.79 Å². The number of amidine groups is 1. The van der Waals surface area contributed by atoms with Gasteiger partial charge in [-0.1, -0.05) is 31.3 Å². The molecule has 1 atom stereocenters. The van der Waals surface area contributed by atoms with E-state index in [2.05, 4.69) is 17.4 Å². The Morgan fingerprint density at radius 1 is 1.53 bits per heavy atom. The Hall–Kier alpha value is -1.26. The zero-order chi connectivity index (χ0) is 12.9. The highest BCUT2D eigenvalue weighted by molar-refractivity contribution is 6.09. The molecular weight excluding hydrogens is 218 g/mol. The fraction of sp³-hybridized carbons (Fsp3) is 0.833. The quantitative estimate of drug-likeness (QED) is 0.208. The van der Waals surface area contributed by atoms with Gasteiger partial charge in [-0.05, 0) is 26.2 Å². The summed E-state index contributed by atoms with van der Waals surface area (Å²) in [6, 6.07) is 0.151. The Labute approximate surface area is 102 Å². The second-order valence-corrected chi connectivity index (χ2v) is 4.94. The summed E-state index contributed by atoms with van der Waals surface area (Å²) >= 11 is 0. The normalized spacial score (nSPS) is 19.8. The maximum absolute atomic E-state index is 12.0. The maximum Gasteiger partial charge on any atom is 0.234 e. The monoisotopic (exact) mass is 241 g/mol. The van der Waals surface area contributed by atoms with Crippen molar-refractivity contribution in [2.75, 3.05) is 0 Å². The van der Waals surface area contributed by atoms with Gasteiger partial charge >= 0.3 is 0 Å². The van der Waals surface area contributed by atoms with E-state index >= 15 is 0 Å². The number of hydrogen-bond donors (Lipinski definition) is 3. The molecule has 1 aliphatic rings. The Bertz CT molecular complexity index is 298. The molecule has 0 radical (unpaired) electrons. The number of oxime groups is 1. The minimum Gasteiger partial charge on any atom is -0.409 e. The molecule has 1 amide bonds. The van der Waals surface area contributed by atoms with Gasteiger partial charge in [0.25, 0.3) is 0 Å². The molecule has 1 rings (SSSR count). The van der Waals surface area contributed by atoms with Crippen LogP contribution >= 0.6 is 0 Å². The summed E-state index contributed by atoms with van der Waals surface area (Å²) in [4.78, 5) is 12.0. The molecule has 0 saturated heterocycles. The Morgan fingerprint density at radius 2 is 2.18 bits per heavy atom. The maximum atomic E-state index is 12.0. The first-order valence-electron chi connectivity index (χ1n) is 6.35. The molecule has 1 fully saturated rings. The lowest BCUT2D eigenvalue weighted by Crippen LogP contribution is -2.44. The minimum absolute atomic E-state index is 0.0377. The summed E-state index contributed by atoms with van der Waals surface area (Å²) in [6.45, 7) is 4.15. The van der Waals surface area contributed by atoms with Crippen molar-refractivity contribution in [3.05, 3.63) is 0 Å². The van der Waals surface area contributed by atoms with Crippen LogP contribution in [0, 0.1) is 5.41 Å². The van der Waals surface area contributed by atoms with Gasteiger partial charge in [-0.15, -0.1) is 0 Å². The molecule has 5 heteroatoms. The third kappa shape index (κ3) is 3.35. The molecule has 17 heavy (non-hydrogen) atoms. The van der Waals surface area contributed by atoms with E-state index in [1.54, 1.807) is 0 Å². The van der Waals surface area contributed by atoms with Crippen LogP contribution in [0.3, 0.4) is 0 Å². The molecule has 0 aliphatic heterocycles. The van der Waals surface area contributed by atoms with Crippen molar-refractivity contribution < 1.29 is 10.0 Å². The number of nitrogens with two attached hydrogens (primary N) is 1. The van der Waals surface area contributed by atoms with Crippen molar-refractivity contribution in [3.63, 3.8) is 0 Å². The van der Waals surface area contributed by atoms with E-state index in [-0.39, 0.29) is 17.8 Å². The van der Waals surface area contributed by atoms with Crippen LogP contribution in [0.5, 0.6) is 0 Å². The van der Waals surface area contributed by atoms with E-state index in [0.29, 0.717) is 12.8 Å². The van der Waals surface area contributed by atoms with Crippen LogP contribution in [0.4, 0.5) is 0 Å². The molecule has 4 N–H and O–H groups in total. The van der Waals surface area contributed by atoms with Crippen molar-refractivity contribution in [2.24, 2.45) is 16.3 Å². The van der Waals surface area contributed by atoms with Gasteiger partial charge in [-0.25, -0.2) is 0 Å². The van der Waals surface area contributed by atoms with Crippen molar-refractivity contribution in [2.45, 2.75) is 58.4 Å². The fourth-order valence-corrected chi connectivity index (χ4v) is 1.95. The number of hydrogen-bond acceptors (Lipinski definition) is 3. The summed E-state index contributed by atoms with van der Waals surface area (Å²) in [6.07, 6.45) is 5.81. The van der Waals surface area contributed by atoms with Gasteiger partial charge in [0.15, 0.2) is 5.84 Å². The highest BCUT2D eigenvalue weighted by atomic mass is 16.4. The average molecular weight is 241 g/mol. The minimum atomic E-state index is -0.728. The Balaban J connectivity index is 2.39. The predicted octanol–water partition coefficient (Wildman–Crippen LogP) is 1.60. The van der Waals surface area contributed by atoms with Crippen LogP contribution in [0.1, 0.15) is 52.4 Å². The number of nitrogens with zero attached hydrogens (tertiary/aromatic N) is 1. The van der Waals surface area contributed by atoms with Crippen molar-refractivity contribution in [1.82, 2.24) is 5.32 Å². The van der Waals surface area contributed by atoms with Gasteiger partial charge in [-0.2, -0.15) is 0 Å². The molecule has 0 heterocycles. The molecule has 1 saturated carbocycles. The Morgan fingerprint density at radius 3 is 2.65 bits per heavy atom. The lowest BCUT2D eigenvalue weighted by molar-refractivity contribution is -0.124. The van der Waals surface area contributed by atoms with E-state index in [1.165, 1.54) is 12.8 Å². The standard InChI is InChI=1S/C12H23N3O2/c1-3-4-5-6-9(2)14-11(16)12(7-8-12)10(13)15-17/h9,17H,3-8H2,1-2H3,(H2,13,15)(H,14,16). The fourth-order valence-electron chi connectivity index (χ4n) is 1.95. The second kappa shape index (κ2) is 5.89. The zero-order valence-electron chi connectivity index (χ0n) is 10.7. The molecule has 0 aromatic carbocycles. The van der Waals surface area contributed by atoms with Crippen molar-refractivity contribution in [1.29, 1.82) is 0 Å². The molecule has 1 aliphatic carbocycles. The smallest absolute Gasteiger partial charge is 0.234 e. The number of carbonyl (C=O) groups excluding carboxylic acids is 1. The summed E-state index contributed by atoms with van der Waals surface area (Å²) in [5.41, 5.74) is 4.82. The molecule has 0 aromatic heterocycles. The van der Waals surface area contributed by atoms with E-state index in [1.807, 2.05) is 6.92 Å². The molecule has 1 unspecified atom stereocenters. The number of nitrogens with one attached hydrogen (secondary N) is 1. The van der Waals surface area contributed by atoms with Crippen LogP contribution in [-0.4, -0.2) is 23.0 Å². The molecule has 0 spiro atoms. The van der Waals surface area contributed by atoms with Crippen LogP contribution in [0.15, 0.2) is 5.16 Å². The highest BCUT2D eigenvalue weighted by Gasteiger charge is 2.54. The van der Waals surface area contributed by atoms with Gasteiger partial charge < -0.3 is 16.3 Å². The summed E-state index contributed by atoms with van der Waals surface area (Å²) in [5.74, 6) is -0.0624. The average Bonchev–Trinajstić information content (AvgIpc) is 3.09. The number of rotatable bonds is 7. The first-order chi connectivity index (χ1) is 8.06. The van der Waals surface area contributed by atoms with Crippen LogP contribution in [0.2, 0.25) is 0 Å². The lowest BCUT2D eigenvalue weighted by atomic mass is 10.0. The lowest BCUT2D eigenvalue weighted by Gasteiger charge is -2.18. The molecule has 98 valence electrons. The molecule has 0 aromatic rings. The number of amides is 1. The van der Waals surface area contributed by atoms with Crippen LogP contribution in [-0.2, 0) is 4.79 Å². The summed E-state index contributed by atoms with van der Waals surface area (Å²) in [5, 5.41) is 14.6. The van der Waals surface area contributed by atoms with Crippen LogP contribution < -0.4 is 11.1 Å². The summed E-state index contributed by atoms with van der Waals surface area (Å²) in [7, 11) is 0. The van der Waals surface area contributed by atoms with Crippen molar-refractivity contribution in [3.8, 4) is 0 Å². The molecule has 5 nitrogen and oxygen atoms in total. The van der Waals surface area contributed by atoms with E-state index in [4.69, 9.17) is 10.9 Å². The van der Waals surface area contributed by atoms with Gasteiger partial charge in [0.2, 0.25) is 5.91 Å². The van der Waals surface area contributed by atoms with Gasteiger partial charge in [0, 0.05) is 6.04 Å². The van der Waals surface area contributed by atoms with Gasteiger partial charge in [0.05, 0.1) is 0 Å².